The number of carbonyl (C=O) groups excluding carboxylic acids is 1. The maximum absolute atomic E-state index is 12.7. The van der Waals surface area contributed by atoms with E-state index in [-0.39, 0.29) is 5.91 Å². The topological polar surface area (TPSA) is 49.6 Å². The van der Waals surface area contributed by atoms with Gasteiger partial charge in [-0.2, -0.15) is 0 Å². The summed E-state index contributed by atoms with van der Waals surface area (Å²) in [5.74, 6) is 2.07. The van der Waals surface area contributed by atoms with E-state index in [1.54, 1.807) is 6.92 Å². The van der Waals surface area contributed by atoms with E-state index in [1.807, 2.05) is 4.90 Å². The molecule has 5 heteroatoms. The molecule has 1 saturated heterocycles. The minimum atomic E-state index is 0.0187. The molecule has 5 nitrogen and oxygen atoms in total. The molecular formula is C17H27N3O2. The van der Waals surface area contributed by atoms with Crippen LogP contribution in [-0.4, -0.2) is 52.9 Å². The van der Waals surface area contributed by atoms with Crippen molar-refractivity contribution in [1.29, 1.82) is 0 Å². The lowest BCUT2D eigenvalue weighted by atomic mass is 10.0. The first kappa shape index (κ1) is 15.5. The fourth-order valence-corrected chi connectivity index (χ4v) is 3.40. The Morgan fingerprint density at radius 2 is 2.18 bits per heavy atom. The molecule has 1 aliphatic heterocycles. The Kier molecular flexibility index (Phi) is 4.52. The van der Waals surface area contributed by atoms with Crippen LogP contribution in [0.15, 0.2) is 10.8 Å². The van der Waals surface area contributed by atoms with Crippen molar-refractivity contribution in [3.8, 4) is 0 Å². The zero-order valence-corrected chi connectivity index (χ0v) is 13.9. The van der Waals surface area contributed by atoms with Crippen LogP contribution < -0.4 is 0 Å². The van der Waals surface area contributed by atoms with Gasteiger partial charge in [-0.3, -0.25) is 9.69 Å². The van der Waals surface area contributed by atoms with Crippen molar-refractivity contribution in [2.75, 3.05) is 26.2 Å². The largest absolute Gasteiger partial charge is 0.448 e. The summed E-state index contributed by atoms with van der Waals surface area (Å²) in [5.41, 5.74) is 0.471. The number of nitrogens with zero attached hydrogens (tertiary/aromatic N) is 3. The normalized spacial score (nSPS) is 23.8. The molecule has 0 N–H and O–H groups in total. The summed E-state index contributed by atoms with van der Waals surface area (Å²) in [6.07, 6.45) is 5.16. The van der Waals surface area contributed by atoms with Crippen LogP contribution in [-0.2, 0) is 0 Å². The van der Waals surface area contributed by atoms with E-state index >= 15 is 0 Å². The molecule has 1 aliphatic carbocycles. The molecule has 2 aliphatic rings. The fraction of sp³-hybridized carbons (Fsp3) is 0.765. The Bertz CT molecular complexity index is 522. The average Bonchev–Trinajstić information content (AvgIpc) is 3.23. The quantitative estimate of drug-likeness (QED) is 0.858. The van der Waals surface area contributed by atoms with E-state index in [0.29, 0.717) is 23.4 Å². The summed E-state index contributed by atoms with van der Waals surface area (Å²) in [6, 6.07) is 0.444. The highest BCUT2D eigenvalue weighted by atomic mass is 16.3. The Hall–Kier alpha value is -1.36. The molecule has 2 heterocycles. The monoisotopic (exact) mass is 305 g/mol. The maximum atomic E-state index is 12.7. The molecule has 0 spiro atoms. The van der Waals surface area contributed by atoms with Crippen LogP contribution in [0.2, 0.25) is 0 Å². The van der Waals surface area contributed by atoms with Crippen LogP contribution >= 0.6 is 0 Å². The number of hydrogen-bond donors (Lipinski definition) is 0. The minimum absolute atomic E-state index is 0.0187. The van der Waals surface area contributed by atoms with E-state index in [2.05, 4.69) is 23.7 Å². The van der Waals surface area contributed by atoms with Crippen LogP contribution in [0.25, 0.3) is 0 Å². The number of aryl methyl sites for hydroxylation is 1. The van der Waals surface area contributed by atoms with Gasteiger partial charge in [-0.1, -0.05) is 13.8 Å². The highest BCUT2D eigenvalue weighted by Gasteiger charge is 2.34. The van der Waals surface area contributed by atoms with Gasteiger partial charge in [-0.15, -0.1) is 0 Å². The smallest absolute Gasteiger partial charge is 0.276 e. The predicted octanol–water partition coefficient (Wildman–Crippen LogP) is 2.57. The number of rotatable bonds is 4. The first-order valence-electron chi connectivity index (χ1n) is 8.49. The first-order valence-corrected chi connectivity index (χ1v) is 8.49. The van der Waals surface area contributed by atoms with Crippen molar-refractivity contribution < 1.29 is 9.21 Å². The second kappa shape index (κ2) is 6.41. The molecule has 1 saturated carbocycles. The molecule has 1 amide bonds. The van der Waals surface area contributed by atoms with E-state index in [4.69, 9.17) is 4.42 Å². The van der Waals surface area contributed by atoms with Crippen LogP contribution in [0, 0.1) is 18.8 Å². The van der Waals surface area contributed by atoms with E-state index in [9.17, 15) is 4.79 Å². The SMILES string of the molecule is Cc1ocnc1C(=O)N1CCCN(CC2CC2)[C@H](C(C)C)C1. The maximum Gasteiger partial charge on any atom is 0.276 e. The third-order valence-electron chi connectivity index (χ3n) is 4.94. The van der Waals surface area contributed by atoms with Crippen LogP contribution in [0.5, 0.6) is 0 Å². The number of oxazole rings is 1. The first-order chi connectivity index (χ1) is 10.6. The van der Waals surface area contributed by atoms with Crippen molar-refractivity contribution >= 4 is 5.91 Å². The lowest BCUT2D eigenvalue weighted by molar-refractivity contribution is 0.0697. The zero-order chi connectivity index (χ0) is 15.7. The predicted molar refractivity (Wildman–Crippen MR) is 84.7 cm³/mol. The number of hydrogen-bond acceptors (Lipinski definition) is 4. The Balaban J connectivity index is 1.73. The van der Waals surface area contributed by atoms with Crippen molar-refractivity contribution in [2.45, 2.75) is 46.1 Å². The molecular weight excluding hydrogens is 278 g/mol. The molecule has 0 radical (unpaired) electrons. The molecule has 0 bridgehead atoms. The van der Waals surface area contributed by atoms with Crippen LogP contribution in [0.3, 0.4) is 0 Å². The summed E-state index contributed by atoms with van der Waals surface area (Å²) in [6.45, 7) is 10.2. The summed E-state index contributed by atoms with van der Waals surface area (Å²) < 4.78 is 5.19. The van der Waals surface area contributed by atoms with Gasteiger partial charge in [0.1, 0.15) is 5.76 Å². The molecule has 1 aromatic rings. The number of aromatic nitrogens is 1. The van der Waals surface area contributed by atoms with Gasteiger partial charge in [0, 0.05) is 32.2 Å². The average molecular weight is 305 g/mol. The van der Waals surface area contributed by atoms with Crippen molar-refractivity contribution in [2.24, 2.45) is 11.8 Å². The highest BCUT2D eigenvalue weighted by Crippen LogP contribution is 2.32. The third kappa shape index (κ3) is 3.35. The van der Waals surface area contributed by atoms with E-state index in [0.717, 1.165) is 32.0 Å². The standard InChI is InChI=1S/C17H27N3O2/c1-12(2)15-10-20(17(21)16-13(3)22-11-18-16)8-4-7-19(15)9-14-5-6-14/h11-12,14-15H,4-10H2,1-3H3/t15-/m0/s1. The van der Waals surface area contributed by atoms with Gasteiger partial charge in [0.2, 0.25) is 0 Å². The van der Waals surface area contributed by atoms with E-state index in [1.165, 1.54) is 25.8 Å². The van der Waals surface area contributed by atoms with Crippen molar-refractivity contribution in [3.05, 3.63) is 17.8 Å². The molecule has 2 fully saturated rings. The summed E-state index contributed by atoms with van der Waals surface area (Å²) in [5, 5.41) is 0. The fourth-order valence-electron chi connectivity index (χ4n) is 3.40. The molecule has 122 valence electrons. The van der Waals surface area contributed by atoms with Gasteiger partial charge in [-0.25, -0.2) is 4.98 Å². The summed E-state index contributed by atoms with van der Waals surface area (Å²) >= 11 is 0. The van der Waals surface area contributed by atoms with Gasteiger partial charge in [0.05, 0.1) is 0 Å². The molecule has 1 aromatic heterocycles. The third-order valence-corrected chi connectivity index (χ3v) is 4.94. The van der Waals surface area contributed by atoms with Gasteiger partial charge < -0.3 is 9.32 Å². The molecule has 1 atom stereocenters. The highest BCUT2D eigenvalue weighted by molar-refractivity contribution is 5.93. The van der Waals surface area contributed by atoms with Gasteiger partial charge in [0.15, 0.2) is 12.1 Å². The molecule has 3 rings (SSSR count). The zero-order valence-electron chi connectivity index (χ0n) is 13.9. The van der Waals surface area contributed by atoms with E-state index < -0.39 is 0 Å². The summed E-state index contributed by atoms with van der Waals surface area (Å²) in [4.78, 5) is 21.4. The van der Waals surface area contributed by atoms with Crippen molar-refractivity contribution in [1.82, 2.24) is 14.8 Å². The molecule has 0 aromatic carbocycles. The lowest BCUT2D eigenvalue weighted by Crippen LogP contribution is -2.46. The second-order valence-corrected chi connectivity index (χ2v) is 7.11. The van der Waals surface area contributed by atoms with Gasteiger partial charge >= 0.3 is 0 Å². The Labute approximate surface area is 132 Å². The van der Waals surface area contributed by atoms with Gasteiger partial charge in [-0.05, 0) is 38.0 Å². The molecule has 22 heavy (non-hydrogen) atoms. The van der Waals surface area contributed by atoms with Crippen LogP contribution in [0.4, 0.5) is 0 Å². The lowest BCUT2D eigenvalue weighted by Gasteiger charge is -2.34. The number of carbonyl (C=O) groups is 1. The van der Waals surface area contributed by atoms with Gasteiger partial charge in [0.25, 0.3) is 5.91 Å². The Morgan fingerprint density at radius 3 is 2.77 bits per heavy atom. The minimum Gasteiger partial charge on any atom is -0.448 e. The Morgan fingerprint density at radius 1 is 1.41 bits per heavy atom. The van der Waals surface area contributed by atoms with Crippen molar-refractivity contribution in [3.63, 3.8) is 0 Å². The second-order valence-electron chi connectivity index (χ2n) is 7.11. The van der Waals surface area contributed by atoms with Crippen LogP contribution in [0.1, 0.15) is 49.4 Å². The number of amides is 1. The summed E-state index contributed by atoms with van der Waals surface area (Å²) in [7, 11) is 0. The molecule has 0 unspecified atom stereocenters.